The van der Waals surface area contributed by atoms with Crippen LogP contribution >= 0.6 is 27.3 Å². The molecule has 3 rings (SSSR count). The Balaban J connectivity index is 0.000000572. The number of alkyl halides is 3. The maximum absolute atomic E-state index is 12.5. The molecule has 0 spiro atoms. The van der Waals surface area contributed by atoms with Crippen LogP contribution in [0.5, 0.6) is 5.75 Å². The van der Waals surface area contributed by atoms with Crippen molar-refractivity contribution in [3.63, 3.8) is 0 Å². The lowest BCUT2D eigenvalue weighted by Crippen LogP contribution is -2.34. The minimum Gasteiger partial charge on any atom is -0.479 e. The Kier molecular flexibility index (Phi) is 10.2. The monoisotopic (exact) mass is 596 g/mol. The van der Waals surface area contributed by atoms with Crippen molar-refractivity contribution < 1.29 is 52.4 Å². The summed E-state index contributed by atoms with van der Waals surface area (Å²) in [4.78, 5) is 44.2. The van der Waals surface area contributed by atoms with Gasteiger partial charge < -0.3 is 30.7 Å². The van der Waals surface area contributed by atoms with Crippen molar-refractivity contribution in [2.75, 3.05) is 25.0 Å². The van der Waals surface area contributed by atoms with Gasteiger partial charge in [0.15, 0.2) is 17.2 Å². The molecule has 10 nitrogen and oxygen atoms in total. The smallest absolute Gasteiger partial charge is 0.479 e. The first-order valence-electron chi connectivity index (χ1n) is 10.1. The second kappa shape index (κ2) is 12.7. The molecule has 1 aliphatic heterocycles. The van der Waals surface area contributed by atoms with Crippen LogP contribution in [0.2, 0.25) is 0 Å². The van der Waals surface area contributed by atoms with Crippen molar-refractivity contribution in [2.24, 2.45) is 5.92 Å². The van der Waals surface area contributed by atoms with E-state index < -0.39 is 30.7 Å². The zero-order valence-corrected chi connectivity index (χ0v) is 20.6. The largest absolute Gasteiger partial charge is 0.490 e. The van der Waals surface area contributed by atoms with Crippen molar-refractivity contribution in [2.45, 2.75) is 19.0 Å². The number of hydrogen-bond acceptors (Lipinski definition) is 7. The normalized spacial score (nSPS) is 13.8. The van der Waals surface area contributed by atoms with E-state index in [-0.39, 0.29) is 22.5 Å². The Labute approximate surface area is 214 Å². The molecular weight excluding hydrogens is 577 g/mol. The summed E-state index contributed by atoms with van der Waals surface area (Å²) in [5, 5.41) is 31.5. The number of carbonyl (C=O) groups excluding carboxylic acids is 1. The summed E-state index contributed by atoms with van der Waals surface area (Å²) in [7, 11) is 0. The molecule has 196 valence electrons. The van der Waals surface area contributed by atoms with Gasteiger partial charge in [0.1, 0.15) is 0 Å². The first kappa shape index (κ1) is 29.1. The molecule has 0 saturated carbocycles. The van der Waals surface area contributed by atoms with Crippen LogP contribution in [0.25, 0.3) is 10.4 Å². The second-order valence-electron chi connectivity index (χ2n) is 7.29. The summed E-state index contributed by atoms with van der Waals surface area (Å²) in [6, 6.07) is 7.06. The third-order valence-electron chi connectivity index (χ3n) is 4.69. The Hall–Kier alpha value is -3.17. The lowest BCUT2D eigenvalue weighted by atomic mass is 9.97. The number of benzene rings is 1. The van der Waals surface area contributed by atoms with Gasteiger partial charge in [0.2, 0.25) is 5.91 Å². The summed E-state index contributed by atoms with van der Waals surface area (Å²) in [5.74, 6) is -5.27. The van der Waals surface area contributed by atoms with E-state index in [0.29, 0.717) is 20.6 Å². The average molecular weight is 597 g/mol. The van der Waals surface area contributed by atoms with Gasteiger partial charge in [-0.15, -0.1) is 11.3 Å². The van der Waals surface area contributed by atoms with Gasteiger partial charge >= 0.3 is 24.1 Å². The fraction of sp³-hybridized carbons (Fsp3) is 0.333. The van der Waals surface area contributed by atoms with Gasteiger partial charge in [0.25, 0.3) is 0 Å². The number of anilines is 1. The molecule has 36 heavy (non-hydrogen) atoms. The van der Waals surface area contributed by atoms with Crippen LogP contribution in [-0.4, -0.2) is 65.0 Å². The second-order valence-corrected chi connectivity index (χ2v) is 9.10. The lowest BCUT2D eigenvalue weighted by Gasteiger charge is -2.21. The number of aliphatic carboxylic acids is 2. The molecule has 15 heteroatoms. The molecule has 1 aliphatic rings. The predicted octanol–water partition coefficient (Wildman–Crippen LogP) is 3.91. The molecule has 0 bridgehead atoms. The van der Waals surface area contributed by atoms with Gasteiger partial charge in [-0.2, -0.15) is 13.2 Å². The van der Waals surface area contributed by atoms with Crippen LogP contribution in [0.1, 0.15) is 22.5 Å². The first-order chi connectivity index (χ1) is 16.8. The highest BCUT2D eigenvalue weighted by molar-refractivity contribution is 9.10. The number of carbonyl (C=O) groups is 4. The Morgan fingerprint density at radius 3 is 2.28 bits per heavy atom. The fourth-order valence-corrected chi connectivity index (χ4v) is 4.94. The summed E-state index contributed by atoms with van der Waals surface area (Å²) < 4.78 is 37.3. The maximum atomic E-state index is 12.5. The number of hydrogen-bond donors (Lipinski definition) is 5. The van der Waals surface area contributed by atoms with Crippen LogP contribution in [0.15, 0.2) is 28.7 Å². The molecule has 1 amide bonds. The zero-order chi connectivity index (χ0) is 27.0. The average Bonchev–Trinajstić information content (AvgIpc) is 3.14. The lowest BCUT2D eigenvalue weighted by molar-refractivity contribution is -0.192. The van der Waals surface area contributed by atoms with E-state index in [4.69, 9.17) is 19.7 Å². The summed E-state index contributed by atoms with van der Waals surface area (Å²) in [5.41, 5.74) is 1.29. The number of halogens is 4. The number of carboxylic acid groups (broad SMARTS) is 3. The van der Waals surface area contributed by atoms with Gasteiger partial charge in [-0.3, -0.25) is 4.79 Å². The number of thiophene rings is 1. The number of nitrogens with one attached hydrogen (secondary N) is 2. The van der Waals surface area contributed by atoms with E-state index in [1.807, 2.05) is 0 Å². The topological polar surface area (TPSA) is 162 Å². The molecule has 2 heterocycles. The SMILES string of the molecule is O=C(O)C(F)(F)F.O=C(O)COc1c(C(=O)O)sc(-c2cccc(NC(=O)C3CCNCC3)c2)c1Br. The third-order valence-corrected chi connectivity index (χ3v) is 6.92. The number of carboxylic acids is 3. The highest BCUT2D eigenvalue weighted by Crippen LogP contribution is 2.46. The third kappa shape index (κ3) is 8.20. The quantitative estimate of drug-likeness (QED) is 0.319. The van der Waals surface area contributed by atoms with E-state index in [9.17, 15) is 32.7 Å². The molecule has 1 fully saturated rings. The molecule has 2 aromatic rings. The number of amides is 1. The van der Waals surface area contributed by atoms with Crippen molar-refractivity contribution in [3.05, 3.63) is 33.6 Å². The molecule has 0 radical (unpaired) electrons. The van der Waals surface area contributed by atoms with Crippen molar-refractivity contribution >= 4 is 56.8 Å². The number of rotatable bonds is 7. The molecule has 1 saturated heterocycles. The molecule has 5 N–H and O–H groups in total. The van der Waals surface area contributed by atoms with Gasteiger partial charge in [-0.25, -0.2) is 14.4 Å². The van der Waals surface area contributed by atoms with Crippen LogP contribution in [-0.2, 0) is 14.4 Å². The molecule has 1 aromatic carbocycles. The summed E-state index contributed by atoms with van der Waals surface area (Å²) >= 11 is 4.30. The maximum Gasteiger partial charge on any atom is 0.490 e. The van der Waals surface area contributed by atoms with E-state index in [0.717, 1.165) is 37.3 Å². The fourth-order valence-electron chi connectivity index (χ4n) is 3.05. The predicted molar refractivity (Wildman–Crippen MR) is 125 cm³/mol. The molecule has 1 aromatic heterocycles. The Morgan fingerprint density at radius 2 is 1.75 bits per heavy atom. The van der Waals surface area contributed by atoms with Gasteiger partial charge in [-0.1, -0.05) is 12.1 Å². The van der Waals surface area contributed by atoms with E-state index >= 15 is 0 Å². The highest BCUT2D eigenvalue weighted by atomic mass is 79.9. The zero-order valence-electron chi connectivity index (χ0n) is 18.2. The minimum atomic E-state index is -5.08. The van der Waals surface area contributed by atoms with Crippen molar-refractivity contribution in [1.29, 1.82) is 0 Å². The molecule has 0 unspecified atom stereocenters. The van der Waals surface area contributed by atoms with Gasteiger partial charge in [0.05, 0.1) is 9.35 Å². The van der Waals surface area contributed by atoms with Crippen molar-refractivity contribution in [1.82, 2.24) is 5.32 Å². The van der Waals surface area contributed by atoms with E-state index in [2.05, 4.69) is 26.6 Å². The number of aromatic carboxylic acids is 1. The number of piperidine rings is 1. The number of ether oxygens (including phenoxy) is 1. The van der Waals surface area contributed by atoms with Gasteiger partial charge in [-0.05, 0) is 59.6 Å². The Bertz CT molecular complexity index is 1130. The summed E-state index contributed by atoms with van der Waals surface area (Å²) in [6.45, 7) is 0.982. The summed E-state index contributed by atoms with van der Waals surface area (Å²) in [6.07, 6.45) is -3.51. The van der Waals surface area contributed by atoms with Crippen LogP contribution in [0, 0.1) is 5.92 Å². The van der Waals surface area contributed by atoms with Crippen molar-refractivity contribution in [3.8, 4) is 16.2 Å². The first-order valence-corrected chi connectivity index (χ1v) is 11.7. The minimum absolute atomic E-state index is 0.0240. The standard InChI is InChI=1S/C19H19BrN2O6S.C2HF3O2/c20-14-15(28-9-13(23)24)17(19(26)27)29-16(14)11-2-1-3-12(8-11)22-18(25)10-4-6-21-7-5-10;3-2(4,5)1(6)7/h1-3,8,10,21H,4-7,9H2,(H,22,25)(H,23,24)(H,26,27);(H,6,7). The molecular formula is C21H20BrF3N2O8S. The molecule has 0 aliphatic carbocycles. The van der Waals surface area contributed by atoms with Crippen LogP contribution in [0.4, 0.5) is 18.9 Å². The van der Waals surface area contributed by atoms with Gasteiger partial charge in [0, 0.05) is 11.6 Å². The van der Waals surface area contributed by atoms with Crippen LogP contribution in [0.3, 0.4) is 0 Å². The molecule has 0 atom stereocenters. The highest BCUT2D eigenvalue weighted by Gasteiger charge is 2.38. The van der Waals surface area contributed by atoms with E-state index in [1.54, 1.807) is 24.3 Å². The Morgan fingerprint density at radius 1 is 1.14 bits per heavy atom. The van der Waals surface area contributed by atoms with Crippen LogP contribution < -0.4 is 15.4 Å². The van der Waals surface area contributed by atoms with E-state index in [1.165, 1.54) is 0 Å².